The maximum Gasteiger partial charge on any atom is 0.253 e. The first kappa shape index (κ1) is 19.1. The molecule has 4 rings (SSSR count). The second-order valence-corrected chi connectivity index (χ2v) is 7.33. The Balaban J connectivity index is 1.57. The molecule has 3 aromatic rings. The van der Waals surface area contributed by atoms with Crippen LogP contribution in [0.3, 0.4) is 0 Å². The molecule has 1 saturated heterocycles. The van der Waals surface area contributed by atoms with Crippen LogP contribution < -0.4 is 5.32 Å². The molecular formula is C21H24N6O2. The number of pyridine rings is 1. The van der Waals surface area contributed by atoms with Crippen molar-refractivity contribution in [3.05, 3.63) is 65.6 Å². The van der Waals surface area contributed by atoms with Crippen LogP contribution in [0.15, 0.2) is 48.7 Å². The van der Waals surface area contributed by atoms with E-state index in [2.05, 4.69) is 20.4 Å². The smallest absolute Gasteiger partial charge is 0.253 e. The van der Waals surface area contributed by atoms with E-state index < -0.39 is 0 Å². The summed E-state index contributed by atoms with van der Waals surface area (Å²) in [4.78, 5) is 28.5. The number of likely N-dealkylation sites (N-methyl/N-ethyl adjacent to an activating group) is 1. The van der Waals surface area contributed by atoms with E-state index in [1.54, 1.807) is 25.3 Å². The Morgan fingerprint density at radius 2 is 1.90 bits per heavy atom. The van der Waals surface area contributed by atoms with Crippen LogP contribution in [0.5, 0.6) is 0 Å². The molecule has 1 aliphatic rings. The molecule has 0 bridgehead atoms. The van der Waals surface area contributed by atoms with Crippen molar-refractivity contribution in [2.24, 2.45) is 0 Å². The van der Waals surface area contributed by atoms with E-state index in [9.17, 15) is 9.59 Å². The molecule has 0 radical (unpaired) electrons. The minimum Gasteiger partial charge on any atom is -0.348 e. The number of fused-ring (bicyclic) bond motifs is 1. The lowest BCUT2D eigenvalue weighted by molar-refractivity contribution is -0.131. The third-order valence-electron chi connectivity index (χ3n) is 5.38. The average Bonchev–Trinajstić information content (AvgIpc) is 3.16. The molecule has 1 N–H and O–H groups in total. The number of carbonyl (C=O) groups is 2. The van der Waals surface area contributed by atoms with E-state index in [0.29, 0.717) is 30.8 Å². The van der Waals surface area contributed by atoms with Crippen molar-refractivity contribution in [1.29, 1.82) is 0 Å². The number of amides is 2. The Kier molecular flexibility index (Phi) is 5.26. The van der Waals surface area contributed by atoms with Gasteiger partial charge < -0.3 is 10.2 Å². The van der Waals surface area contributed by atoms with E-state index in [1.165, 1.54) is 0 Å². The second-order valence-electron chi connectivity index (χ2n) is 7.33. The topological polar surface area (TPSA) is 82.8 Å². The van der Waals surface area contributed by atoms with Gasteiger partial charge in [-0.2, -0.15) is 0 Å². The van der Waals surface area contributed by atoms with E-state index in [-0.39, 0.29) is 17.9 Å². The van der Waals surface area contributed by atoms with E-state index >= 15 is 0 Å². The number of carbonyl (C=O) groups excluding carboxylic acids is 2. The van der Waals surface area contributed by atoms with Crippen molar-refractivity contribution in [2.75, 3.05) is 26.7 Å². The summed E-state index contributed by atoms with van der Waals surface area (Å²) in [5, 5.41) is 11.5. The molecule has 0 unspecified atom stereocenters. The average molecular weight is 392 g/mol. The molecule has 29 heavy (non-hydrogen) atoms. The van der Waals surface area contributed by atoms with Gasteiger partial charge in [-0.3, -0.25) is 18.9 Å². The van der Waals surface area contributed by atoms with E-state index in [0.717, 1.165) is 17.9 Å². The zero-order chi connectivity index (χ0) is 20.4. The molecule has 2 aromatic heterocycles. The number of nitrogens with zero attached hydrogens (tertiary/aromatic N) is 5. The number of nitrogens with one attached hydrogen (secondary N) is 1. The maximum atomic E-state index is 12.6. The van der Waals surface area contributed by atoms with Gasteiger partial charge in [0.2, 0.25) is 5.91 Å². The molecule has 1 aliphatic heterocycles. The van der Waals surface area contributed by atoms with Crippen LogP contribution >= 0.6 is 0 Å². The number of aromatic nitrogens is 3. The van der Waals surface area contributed by atoms with Crippen LogP contribution in [0.25, 0.3) is 5.65 Å². The Morgan fingerprint density at radius 3 is 2.66 bits per heavy atom. The summed E-state index contributed by atoms with van der Waals surface area (Å²) in [5.74, 6) is 0.627. The molecule has 8 nitrogen and oxygen atoms in total. The summed E-state index contributed by atoms with van der Waals surface area (Å²) in [6.07, 6.45) is 1.77. The summed E-state index contributed by atoms with van der Waals surface area (Å²) < 4.78 is 1.85. The Hall–Kier alpha value is -3.26. The normalized spacial score (nSPS) is 17.4. The molecular weight excluding hydrogens is 368 g/mol. The van der Waals surface area contributed by atoms with Crippen molar-refractivity contribution in [3.63, 3.8) is 0 Å². The fourth-order valence-corrected chi connectivity index (χ4v) is 3.59. The Labute approximate surface area is 169 Å². The van der Waals surface area contributed by atoms with Gasteiger partial charge in [0.25, 0.3) is 5.91 Å². The molecule has 2 amide bonds. The number of hydrogen-bond donors (Lipinski definition) is 1. The van der Waals surface area contributed by atoms with Crippen molar-refractivity contribution in [1.82, 2.24) is 29.7 Å². The molecule has 3 heterocycles. The van der Waals surface area contributed by atoms with Crippen LogP contribution in [-0.4, -0.2) is 62.9 Å². The fourth-order valence-electron chi connectivity index (χ4n) is 3.59. The summed E-state index contributed by atoms with van der Waals surface area (Å²) >= 11 is 0. The standard InChI is InChI=1S/C21H24N6O2/c1-15(28)26-11-10-25(2)18(14-26)20-24-23-19-9-8-17(13-27(19)20)21(29)22-12-16-6-4-3-5-7-16/h3-9,13,18H,10-12,14H2,1-2H3,(H,22,29)/t18-/m0/s1. The van der Waals surface area contributed by atoms with Crippen molar-refractivity contribution >= 4 is 17.5 Å². The number of hydrogen-bond acceptors (Lipinski definition) is 5. The van der Waals surface area contributed by atoms with Crippen LogP contribution in [0.1, 0.15) is 34.7 Å². The molecule has 1 atom stereocenters. The van der Waals surface area contributed by atoms with Crippen LogP contribution in [-0.2, 0) is 11.3 Å². The third kappa shape index (κ3) is 3.97. The highest BCUT2D eigenvalue weighted by Gasteiger charge is 2.30. The zero-order valence-electron chi connectivity index (χ0n) is 16.6. The van der Waals surface area contributed by atoms with Gasteiger partial charge in [-0.05, 0) is 24.7 Å². The Morgan fingerprint density at radius 1 is 1.10 bits per heavy atom. The van der Waals surface area contributed by atoms with Crippen LogP contribution in [0.4, 0.5) is 0 Å². The van der Waals surface area contributed by atoms with Gasteiger partial charge in [-0.15, -0.1) is 10.2 Å². The van der Waals surface area contributed by atoms with Crippen LogP contribution in [0.2, 0.25) is 0 Å². The first-order valence-corrected chi connectivity index (χ1v) is 9.65. The second kappa shape index (κ2) is 8.00. The monoisotopic (exact) mass is 392 g/mol. The Bertz CT molecular complexity index is 1030. The summed E-state index contributed by atoms with van der Waals surface area (Å²) in [6.45, 7) is 4.06. The lowest BCUT2D eigenvalue weighted by atomic mass is 10.1. The maximum absolute atomic E-state index is 12.6. The van der Waals surface area contributed by atoms with Crippen LogP contribution in [0, 0.1) is 0 Å². The molecule has 1 fully saturated rings. The van der Waals surface area contributed by atoms with Gasteiger partial charge in [0.1, 0.15) is 0 Å². The molecule has 1 aromatic carbocycles. The largest absolute Gasteiger partial charge is 0.348 e. The SMILES string of the molecule is CC(=O)N1CCN(C)[C@H](c2nnc3ccc(C(=O)NCc4ccccc4)cn23)C1. The first-order chi connectivity index (χ1) is 14.0. The molecule has 150 valence electrons. The predicted octanol–water partition coefficient (Wildman–Crippen LogP) is 1.49. The highest BCUT2D eigenvalue weighted by molar-refractivity contribution is 5.94. The molecule has 0 saturated carbocycles. The quantitative estimate of drug-likeness (QED) is 0.728. The lowest BCUT2D eigenvalue weighted by Crippen LogP contribution is -2.48. The van der Waals surface area contributed by atoms with E-state index in [4.69, 9.17) is 0 Å². The summed E-state index contributed by atoms with van der Waals surface area (Å²) in [7, 11) is 2.01. The number of rotatable bonds is 4. The minimum absolute atomic E-state index is 0.0536. The van der Waals surface area contributed by atoms with Gasteiger partial charge in [0.15, 0.2) is 11.5 Å². The summed E-state index contributed by atoms with van der Waals surface area (Å²) in [6, 6.07) is 13.2. The fraction of sp³-hybridized carbons (Fsp3) is 0.333. The number of benzene rings is 1. The lowest BCUT2D eigenvalue weighted by Gasteiger charge is -2.38. The molecule has 8 heteroatoms. The highest BCUT2D eigenvalue weighted by Crippen LogP contribution is 2.23. The van der Waals surface area contributed by atoms with Gasteiger partial charge in [0, 0.05) is 39.3 Å². The third-order valence-corrected chi connectivity index (χ3v) is 5.38. The predicted molar refractivity (Wildman–Crippen MR) is 108 cm³/mol. The molecule has 0 aliphatic carbocycles. The van der Waals surface area contributed by atoms with Gasteiger partial charge in [0.05, 0.1) is 11.6 Å². The zero-order valence-corrected chi connectivity index (χ0v) is 16.6. The number of piperazine rings is 1. The van der Waals surface area contributed by atoms with Crippen molar-refractivity contribution in [3.8, 4) is 0 Å². The van der Waals surface area contributed by atoms with Crippen molar-refractivity contribution < 1.29 is 9.59 Å². The van der Waals surface area contributed by atoms with Gasteiger partial charge in [-0.25, -0.2) is 0 Å². The van der Waals surface area contributed by atoms with E-state index in [1.807, 2.05) is 46.7 Å². The highest BCUT2D eigenvalue weighted by atomic mass is 16.2. The van der Waals surface area contributed by atoms with Gasteiger partial charge >= 0.3 is 0 Å². The minimum atomic E-state index is -0.155. The summed E-state index contributed by atoms with van der Waals surface area (Å²) in [5.41, 5.74) is 2.25. The first-order valence-electron chi connectivity index (χ1n) is 9.65. The molecule has 0 spiro atoms. The van der Waals surface area contributed by atoms with Gasteiger partial charge in [-0.1, -0.05) is 30.3 Å². The van der Waals surface area contributed by atoms with Crippen molar-refractivity contribution in [2.45, 2.75) is 19.5 Å².